The average molecular weight is 365 g/mol. The van der Waals surface area contributed by atoms with Crippen LogP contribution in [0.25, 0.3) is 0 Å². The number of hydrogen-bond donors (Lipinski definition) is 4. The van der Waals surface area contributed by atoms with Gasteiger partial charge in [0.05, 0.1) is 12.1 Å². The van der Waals surface area contributed by atoms with Gasteiger partial charge in [-0.25, -0.2) is 4.79 Å². The Morgan fingerprint density at radius 3 is 2.77 bits per heavy atom. The zero-order chi connectivity index (χ0) is 18.9. The largest absolute Gasteiger partial charge is 0.354 e. The van der Waals surface area contributed by atoms with Crippen LogP contribution in [0.3, 0.4) is 0 Å². The number of hydrogen-bond acceptors (Lipinski definition) is 5. The highest BCUT2D eigenvalue weighted by molar-refractivity contribution is 5.96. The van der Waals surface area contributed by atoms with Crippen molar-refractivity contribution in [3.05, 3.63) is 12.7 Å². The summed E-state index contributed by atoms with van der Waals surface area (Å²) in [7, 11) is 0. The maximum absolute atomic E-state index is 12.2. The molecule has 0 aliphatic carbocycles. The van der Waals surface area contributed by atoms with Gasteiger partial charge in [-0.3, -0.25) is 19.8 Å². The van der Waals surface area contributed by atoms with Crippen molar-refractivity contribution in [2.24, 2.45) is 5.92 Å². The highest BCUT2D eigenvalue weighted by Crippen LogP contribution is 2.18. The molecule has 2 fully saturated rings. The smallest absolute Gasteiger partial charge is 0.321 e. The molecule has 0 saturated carbocycles. The normalized spacial score (nSPS) is 24.5. The highest BCUT2D eigenvalue weighted by atomic mass is 16.2. The third-order valence-corrected chi connectivity index (χ3v) is 5.06. The molecule has 3 atom stereocenters. The molecule has 0 radical (unpaired) electrons. The molecule has 0 aromatic carbocycles. The number of urea groups is 1. The van der Waals surface area contributed by atoms with Crippen LogP contribution in [0.4, 0.5) is 4.79 Å². The molecular formula is C18H31N5O3. The van der Waals surface area contributed by atoms with Gasteiger partial charge in [-0.15, -0.1) is 6.58 Å². The predicted molar refractivity (Wildman–Crippen MR) is 99.5 cm³/mol. The third-order valence-electron chi connectivity index (χ3n) is 5.06. The van der Waals surface area contributed by atoms with Crippen molar-refractivity contribution in [3.8, 4) is 0 Å². The van der Waals surface area contributed by atoms with Crippen molar-refractivity contribution in [2.45, 2.75) is 44.7 Å². The number of carbonyl (C=O) groups is 3. The Morgan fingerprint density at radius 1 is 1.27 bits per heavy atom. The summed E-state index contributed by atoms with van der Waals surface area (Å²) in [4.78, 5) is 38.0. The van der Waals surface area contributed by atoms with Crippen molar-refractivity contribution in [2.75, 3.05) is 32.7 Å². The lowest BCUT2D eigenvalue weighted by molar-refractivity contribution is -0.126. The first-order valence-electron chi connectivity index (χ1n) is 9.46. The molecule has 0 bridgehead atoms. The van der Waals surface area contributed by atoms with Crippen molar-refractivity contribution in [1.82, 2.24) is 26.2 Å². The molecule has 3 unspecified atom stereocenters. The fourth-order valence-electron chi connectivity index (χ4n) is 3.48. The Morgan fingerprint density at radius 2 is 2.08 bits per heavy atom. The minimum absolute atomic E-state index is 0.0616. The Hall–Kier alpha value is -1.93. The number of likely N-dealkylation sites (tertiary alicyclic amines) is 1. The van der Waals surface area contributed by atoms with Gasteiger partial charge in [0.15, 0.2) is 0 Å². The Bertz CT molecular complexity index is 519. The van der Waals surface area contributed by atoms with E-state index in [4.69, 9.17) is 0 Å². The number of nitrogens with one attached hydrogen (secondary N) is 4. The number of carbonyl (C=O) groups excluding carboxylic acids is 3. The van der Waals surface area contributed by atoms with E-state index in [-0.39, 0.29) is 23.9 Å². The third kappa shape index (κ3) is 6.10. The van der Waals surface area contributed by atoms with Gasteiger partial charge in [0.25, 0.3) is 0 Å². The van der Waals surface area contributed by atoms with E-state index in [0.29, 0.717) is 19.0 Å². The lowest BCUT2D eigenvalue weighted by Gasteiger charge is -2.36. The minimum atomic E-state index is -0.508. The second-order valence-electron chi connectivity index (χ2n) is 7.06. The predicted octanol–water partition coefficient (Wildman–Crippen LogP) is -0.0331. The van der Waals surface area contributed by atoms with Crippen molar-refractivity contribution >= 4 is 17.8 Å². The van der Waals surface area contributed by atoms with E-state index in [1.54, 1.807) is 13.0 Å². The minimum Gasteiger partial charge on any atom is -0.354 e. The maximum atomic E-state index is 12.2. The van der Waals surface area contributed by atoms with Crippen LogP contribution >= 0.6 is 0 Å². The summed E-state index contributed by atoms with van der Waals surface area (Å²) < 4.78 is 0. The number of piperidine rings is 1. The fraction of sp³-hybridized carbons (Fsp3) is 0.722. The van der Waals surface area contributed by atoms with Crippen LogP contribution in [0, 0.1) is 5.92 Å². The standard InChI is InChI=1S/C18H31N5O3/c1-3-8-20-18(26)22-16(24)13(2)23-10-5-6-14(12-23)11-21-17(25)15-7-4-9-19-15/h3,13-15,19H,1,4-12H2,2H3,(H,21,25)(H2,20,22,24,26). The second kappa shape index (κ2) is 10.3. The molecule has 8 heteroatoms. The first kappa shape index (κ1) is 20.4. The molecule has 2 saturated heterocycles. The van der Waals surface area contributed by atoms with Crippen LogP contribution < -0.4 is 21.3 Å². The van der Waals surface area contributed by atoms with E-state index in [1.807, 2.05) is 0 Å². The van der Waals surface area contributed by atoms with Crippen LogP contribution in [0.5, 0.6) is 0 Å². The average Bonchev–Trinajstić information content (AvgIpc) is 3.18. The van der Waals surface area contributed by atoms with Crippen molar-refractivity contribution in [1.29, 1.82) is 0 Å². The lowest BCUT2D eigenvalue weighted by atomic mass is 9.96. The van der Waals surface area contributed by atoms with Crippen LogP contribution in [-0.4, -0.2) is 67.6 Å². The molecule has 0 aromatic heterocycles. The molecule has 0 aromatic rings. The zero-order valence-corrected chi connectivity index (χ0v) is 15.6. The van der Waals surface area contributed by atoms with E-state index in [2.05, 4.69) is 32.7 Å². The molecule has 2 aliphatic rings. The van der Waals surface area contributed by atoms with Gasteiger partial charge in [-0.05, 0) is 51.6 Å². The second-order valence-corrected chi connectivity index (χ2v) is 7.06. The van der Waals surface area contributed by atoms with Gasteiger partial charge in [0.2, 0.25) is 11.8 Å². The van der Waals surface area contributed by atoms with Gasteiger partial charge in [-0.2, -0.15) is 0 Å². The Balaban J connectivity index is 1.75. The van der Waals surface area contributed by atoms with Gasteiger partial charge in [0.1, 0.15) is 0 Å². The van der Waals surface area contributed by atoms with Crippen LogP contribution in [0.2, 0.25) is 0 Å². The quantitative estimate of drug-likeness (QED) is 0.475. The molecule has 4 amide bonds. The molecule has 146 valence electrons. The van der Waals surface area contributed by atoms with Crippen molar-refractivity contribution < 1.29 is 14.4 Å². The SMILES string of the molecule is C=CCNC(=O)NC(=O)C(C)N1CCCC(CNC(=O)C2CCCN2)C1. The summed E-state index contributed by atoms with van der Waals surface area (Å²) in [5.74, 6) is 0.0784. The van der Waals surface area contributed by atoms with E-state index < -0.39 is 6.03 Å². The molecule has 4 N–H and O–H groups in total. The fourth-order valence-corrected chi connectivity index (χ4v) is 3.48. The molecule has 8 nitrogen and oxygen atoms in total. The van der Waals surface area contributed by atoms with Gasteiger partial charge < -0.3 is 16.0 Å². The molecular weight excluding hydrogens is 334 g/mol. The Labute approximate surface area is 155 Å². The molecule has 2 heterocycles. The number of nitrogens with zero attached hydrogens (tertiary/aromatic N) is 1. The lowest BCUT2D eigenvalue weighted by Crippen LogP contribution is -2.53. The van der Waals surface area contributed by atoms with Crippen LogP contribution in [-0.2, 0) is 9.59 Å². The van der Waals surface area contributed by atoms with Crippen LogP contribution in [0.1, 0.15) is 32.6 Å². The molecule has 0 spiro atoms. The summed E-state index contributed by atoms with van der Waals surface area (Å²) in [6.45, 7) is 8.72. The van der Waals surface area contributed by atoms with E-state index in [9.17, 15) is 14.4 Å². The number of imide groups is 1. The highest BCUT2D eigenvalue weighted by Gasteiger charge is 2.29. The topological polar surface area (TPSA) is 103 Å². The number of rotatable bonds is 7. The summed E-state index contributed by atoms with van der Waals surface area (Å²) in [6.07, 6.45) is 5.50. The maximum Gasteiger partial charge on any atom is 0.321 e. The summed E-state index contributed by atoms with van der Waals surface area (Å²) >= 11 is 0. The van der Waals surface area contributed by atoms with E-state index in [1.165, 1.54) is 0 Å². The zero-order valence-electron chi connectivity index (χ0n) is 15.6. The molecule has 2 rings (SSSR count). The summed E-state index contributed by atoms with van der Waals surface area (Å²) in [5, 5.41) is 11.1. The van der Waals surface area contributed by atoms with Gasteiger partial charge >= 0.3 is 6.03 Å². The summed E-state index contributed by atoms with van der Waals surface area (Å²) in [5.41, 5.74) is 0. The first-order chi connectivity index (χ1) is 12.5. The molecule has 26 heavy (non-hydrogen) atoms. The number of amides is 4. The summed E-state index contributed by atoms with van der Waals surface area (Å²) in [6, 6.07) is -0.959. The Kier molecular flexibility index (Phi) is 8.06. The van der Waals surface area contributed by atoms with Crippen LogP contribution in [0.15, 0.2) is 12.7 Å². The van der Waals surface area contributed by atoms with E-state index in [0.717, 1.165) is 45.3 Å². The van der Waals surface area contributed by atoms with E-state index >= 15 is 0 Å². The van der Waals surface area contributed by atoms with Gasteiger partial charge in [-0.1, -0.05) is 6.08 Å². The monoisotopic (exact) mass is 365 g/mol. The first-order valence-corrected chi connectivity index (χ1v) is 9.46. The van der Waals surface area contributed by atoms with Crippen molar-refractivity contribution in [3.63, 3.8) is 0 Å². The van der Waals surface area contributed by atoms with Gasteiger partial charge in [0, 0.05) is 19.6 Å². The molecule has 2 aliphatic heterocycles.